The van der Waals surface area contributed by atoms with Crippen molar-refractivity contribution in [3.63, 3.8) is 0 Å². The highest BCUT2D eigenvalue weighted by molar-refractivity contribution is 7.89. The second-order valence-corrected chi connectivity index (χ2v) is 7.26. The number of fused-ring (bicyclic) bond motifs is 1. The van der Waals surface area contributed by atoms with Crippen LogP contribution in [-0.4, -0.2) is 19.9 Å². The van der Waals surface area contributed by atoms with Crippen LogP contribution in [0, 0.1) is 0 Å². The molecule has 7 heteroatoms. The van der Waals surface area contributed by atoms with Gasteiger partial charge in [0, 0.05) is 23.8 Å². The molecular formula is C13H15N3O2S2. The average molecular weight is 309 g/mol. The Balaban J connectivity index is 2.01. The van der Waals surface area contributed by atoms with E-state index >= 15 is 0 Å². The number of thiazole rings is 1. The first-order chi connectivity index (χ1) is 9.55. The Hall–Kier alpha value is -1.44. The zero-order valence-corrected chi connectivity index (χ0v) is 12.5. The van der Waals surface area contributed by atoms with E-state index in [4.69, 9.17) is 5.14 Å². The van der Waals surface area contributed by atoms with Gasteiger partial charge in [-0.2, -0.15) is 0 Å². The van der Waals surface area contributed by atoms with Crippen molar-refractivity contribution in [2.75, 3.05) is 11.4 Å². The van der Waals surface area contributed by atoms with Gasteiger partial charge in [0.1, 0.15) is 5.01 Å². The lowest BCUT2D eigenvalue weighted by atomic mass is 10.0. The third-order valence-electron chi connectivity index (χ3n) is 3.42. The number of aromatic nitrogens is 1. The molecule has 3 rings (SSSR count). The van der Waals surface area contributed by atoms with Gasteiger partial charge >= 0.3 is 0 Å². The molecule has 5 nitrogen and oxygen atoms in total. The van der Waals surface area contributed by atoms with Crippen LogP contribution in [-0.2, 0) is 23.0 Å². The fourth-order valence-corrected chi connectivity index (χ4v) is 4.04. The number of hydrogen-bond acceptors (Lipinski definition) is 5. The summed E-state index contributed by atoms with van der Waals surface area (Å²) in [4.78, 5) is 6.71. The van der Waals surface area contributed by atoms with Gasteiger partial charge in [0.25, 0.3) is 0 Å². The molecule has 20 heavy (non-hydrogen) atoms. The van der Waals surface area contributed by atoms with E-state index in [2.05, 4.69) is 9.88 Å². The summed E-state index contributed by atoms with van der Waals surface area (Å²) in [5, 5.41) is 8.28. The van der Waals surface area contributed by atoms with E-state index in [0.29, 0.717) is 6.54 Å². The Morgan fingerprint density at radius 1 is 1.40 bits per heavy atom. The largest absolute Gasteiger partial charge is 0.365 e. The van der Waals surface area contributed by atoms with Crippen molar-refractivity contribution >= 4 is 27.0 Å². The summed E-state index contributed by atoms with van der Waals surface area (Å²) in [6.45, 7) is 1.61. The highest BCUT2D eigenvalue weighted by Gasteiger charge is 2.23. The molecule has 0 radical (unpaired) electrons. The molecule has 1 aliphatic rings. The number of rotatable bonds is 3. The molecule has 0 amide bonds. The maximum absolute atomic E-state index is 11.7. The quantitative estimate of drug-likeness (QED) is 0.937. The standard InChI is InChI=1S/C13H15N3O2S2/c14-20(17,18)12-5-1-4-11-10(12)3-2-7-16(11)9-13-15-6-8-19-13/h1,4-6,8H,2-3,7,9H2,(H2,14,17,18). The Labute approximate surface area is 122 Å². The molecule has 1 aromatic heterocycles. The molecule has 0 bridgehead atoms. The van der Waals surface area contributed by atoms with Crippen molar-refractivity contribution in [2.24, 2.45) is 5.14 Å². The fourth-order valence-electron chi connectivity index (χ4n) is 2.59. The van der Waals surface area contributed by atoms with Crippen LogP contribution < -0.4 is 10.0 Å². The van der Waals surface area contributed by atoms with E-state index in [1.807, 2.05) is 11.4 Å². The van der Waals surface area contributed by atoms with Crippen LogP contribution in [0.1, 0.15) is 17.0 Å². The second kappa shape index (κ2) is 5.16. The van der Waals surface area contributed by atoms with E-state index in [-0.39, 0.29) is 4.90 Å². The predicted octanol–water partition coefficient (Wildman–Crippen LogP) is 1.74. The topological polar surface area (TPSA) is 76.3 Å². The molecule has 2 aromatic rings. The van der Waals surface area contributed by atoms with Crippen molar-refractivity contribution in [1.82, 2.24) is 4.98 Å². The number of sulfonamides is 1. The summed E-state index contributed by atoms with van der Waals surface area (Å²) < 4.78 is 23.4. The van der Waals surface area contributed by atoms with Crippen LogP contribution in [0.25, 0.3) is 0 Å². The molecule has 0 unspecified atom stereocenters. The fraction of sp³-hybridized carbons (Fsp3) is 0.308. The second-order valence-electron chi connectivity index (χ2n) is 4.75. The number of primary sulfonamides is 1. The Morgan fingerprint density at radius 2 is 2.25 bits per heavy atom. The third kappa shape index (κ3) is 2.56. The zero-order chi connectivity index (χ0) is 14.2. The first-order valence-electron chi connectivity index (χ1n) is 6.34. The van der Waals surface area contributed by atoms with E-state index in [1.165, 1.54) is 0 Å². The summed E-state index contributed by atoms with van der Waals surface area (Å²) in [7, 11) is -3.67. The molecule has 0 saturated carbocycles. The van der Waals surface area contributed by atoms with Crippen molar-refractivity contribution in [3.05, 3.63) is 40.3 Å². The van der Waals surface area contributed by atoms with E-state index in [9.17, 15) is 8.42 Å². The summed E-state index contributed by atoms with van der Waals surface area (Å²) in [5.74, 6) is 0. The number of anilines is 1. The van der Waals surface area contributed by atoms with Crippen molar-refractivity contribution in [2.45, 2.75) is 24.3 Å². The van der Waals surface area contributed by atoms with E-state index < -0.39 is 10.0 Å². The van der Waals surface area contributed by atoms with Gasteiger partial charge in [-0.05, 0) is 30.5 Å². The van der Waals surface area contributed by atoms with Gasteiger partial charge in [0.15, 0.2) is 0 Å². The van der Waals surface area contributed by atoms with Gasteiger partial charge in [-0.15, -0.1) is 11.3 Å². The smallest absolute Gasteiger partial charge is 0.238 e. The summed E-state index contributed by atoms with van der Waals surface area (Å²) in [6.07, 6.45) is 3.45. The molecule has 0 atom stereocenters. The molecular weight excluding hydrogens is 294 g/mol. The highest BCUT2D eigenvalue weighted by atomic mass is 32.2. The molecule has 0 fully saturated rings. The normalized spacial score (nSPS) is 15.2. The molecule has 2 heterocycles. The van der Waals surface area contributed by atoms with Crippen LogP contribution >= 0.6 is 11.3 Å². The number of nitrogens with two attached hydrogens (primary N) is 1. The van der Waals surface area contributed by atoms with Crippen LogP contribution in [0.3, 0.4) is 0 Å². The van der Waals surface area contributed by atoms with Crippen molar-refractivity contribution in [1.29, 1.82) is 0 Å². The monoisotopic (exact) mass is 309 g/mol. The van der Waals surface area contributed by atoms with Gasteiger partial charge in [0.05, 0.1) is 11.4 Å². The van der Waals surface area contributed by atoms with Crippen LogP contribution in [0.15, 0.2) is 34.7 Å². The first-order valence-corrected chi connectivity index (χ1v) is 8.76. The summed E-state index contributed by atoms with van der Waals surface area (Å²) in [5.41, 5.74) is 1.79. The van der Waals surface area contributed by atoms with Gasteiger partial charge in [0.2, 0.25) is 10.0 Å². The minimum atomic E-state index is -3.67. The van der Waals surface area contributed by atoms with Gasteiger partial charge in [-0.25, -0.2) is 18.5 Å². The van der Waals surface area contributed by atoms with E-state index in [0.717, 1.165) is 35.6 Å². The lowest BCUT2D eigenvalue weighted by Gasteiger charge is -2.31. The molecule has 2 N–H and O–H groups in total. The summed E-state index contributed by atoms with van der Waals surface area (Å²) >= 11 is 1.61. The van der Waals surface area contributed by atoms with Gasteiger partial charge < -0.3 is 4.90 Å². The minimum Gasteiger partial charge on any atom is -0.365 e. The van der Waals surface area contributed by atoms with Gasteiger partial charge in [-0.3, -0.25) is 0 Å². The Morgan fingerprint density at radius 3 is 2.95 bits per heavy atom. The van der Waals surface area contributed by atoms with Crippen molar-refractivity contribution < 1.29 is 8.42 Å². The Kier molecular flexibility index (Phi) is 3.49. The summed E-state index contributed by atoms with van der Waals surface area (Å²) in [6, 6.07) is 5.29. The highest BCUT2D eigenvalue weighted by Crippen LogP contribution is 2.32. The maximum atomic E-state index is 11.7. The van der Waals surface area contributed by atoms with E-state index in [1.54, 1.807) is 29.7 Å². The molecule has 0 aliphatic carbocycles. The predicted molar refractivity (Wildman–Crippen MR) is 79.3 cm³/mol. The van der Waals surface area contributed by atoms with Crippen LogP contribution in [0.5, 0.6) is 0 Å². The van der Waals surface area contributed by atoms with Gasteiger partial charge in [-0.1, -0.05) is 6.07 Å². The Bertz CT molecular complexity index is 711. The molecule has 1 aromatic carbocycles. The first kappa shape index (κ1) is 13.5. The van der Waals surface area contributed by atoms with Crippen LogP contribution in [0.4, 0.5) is 5.69 Å². The SMILES string of the molecule is NS(=O)(=O)c1cccc2c1CCCN2Cc1nccs1. The third-order valence-corrected chi connectivity index (χ3v) is 5.18. The lowest BCUT2D eigenvalue weighted by Crippen LogP contribution is -2.30. The minimum absolute atomic E-state index is 0.249. The molecule has 0 spiro atoms. The van der Waals surface area contributed by atoms with Crippen molar-refractivity contribution in [3.8, 4) is 0 Å². The molecule has 0 saturated heterocycles. The molecule has 1 aliphatic heterocycles. The number of benzene rings is 1. The average Bonchev–Trinajstić information content (AvgIpc) is 2.90. The van der Waals surface area contributed by atoms with Crippen LogP contribution in [0.2, 0.25) is 0 Å². The maximum Gasteiger partial charge on any atom is 0.238 e. The lowest BCUT2D eigenvalue weighted by molar-refractivity contribution is 0.594. The molecule has 106 valence electrons. The number of nitrogens with zero attached hydrogens (tertiary/aromatic N) is 2. The number of hydrogen-bond donors (Lipinski definition) is 1. The zero-order valence-electron chi connectivity index (χ0n) is 10.8.